The summed E-state index contributed by atoms with van der Waals surface area (Å²) >= 11 is 0. The van der Waals surface area contributed by atoms with E-state index >= 15 is 0 Å². The third-order valence-corrected chi connectivity index (χ3v) is 8.82. The van der Waals surface area contributed by atoms with E-state index in [1.807, 2.05) is 0 Å². The van der Waals surface area contributed by atoms with Crippen LogP contribution in [-0.4, -0.2) is 54.5 Å². The van der Waals surface area contributed by atoms with Crippen LogP contribution in [0.1, 0.15) is 174 Å². The molecule has 2 atom stereocenters. The SMILES string of the molecule is CCCCCCCCC=CCCCCCCCC(=O)OC(COC(=O)CCCCCCCCCCC)COP(=O)(O)OCCCO. The maximum absolute atomic E-state index is 12.5. The third kappa shape index (κ3) is 32.7. The number of esters is 2. The Labute approximate surface area is 281 Å². The fourth-order valence-electron chi connectivity index (χ4n) is 5.00. The van der Waals surface area contributed by atoms with E-state index < -0.39 is 32.5 Å². The molecule has 0 aromatic rings. The lowest BCUT2D eigenvalue weighted by Gasteiger charge is -2.20. The summed E-state index contributed by atoms with van der Waals surface area (Å²) in [5.41, 5.74) is 0. The zero-order valence-electron chi connectivity index (χ0n) is 29.4. The average molecular weight is 677 g/mol. The molecule has 2 N–H and O–H groups in total. The second kappa shape index (κ2) is 33.6. The number of unbranched alkanes of at least 4 members (excludes halogenated alkanes) is 19. The van der Waals surface area contributed by atoms with Gasteiger partial charge in [0.1, 0.15) is 6.61 Å². The van der Waals surface area contributed by atoms with Crippen LogP contribution >= 0.6 is 7.82 Å². The zero-order valence-corrected chi connectivity index (χ0v) is 30.3. The number of allylic oxidation sites excluding steroid dienone is 2. The van der Waals surface area contributed by atoms with Gasteiger partial charge in [0.2, 0.25) is 0 Å². The number of hydrogen-bond donors (Lipinski definition) is 2. The molecule has 272 valence electrons. The molecule has 0 radical (unpaired) electrons. The summed E-state index contributed by atoms with van der Waals surface area (Å²) in [6.07, 6.45) is 29.6. The summed E-state index contributed by atoms with van der Waals surface area (Å²) in [5, 5.41) is 8.85. The summed E-state index contributed by atoms with van der Waals surface area (Å²) in [5.74, 6) is -0.859. The van der Waals surface area contributed by atoms with Crippen molar-refractivity contribution in [2.75, 3.05) is 26.4 Å². The number of carbonyl (C=O) groups is 2. The minimum atomic E-state index is -4.41. The Kier molecular flexibility index (Phi) is 32.7. The molecule has 2 unspecified atom stereocenters. The van der Waals surface area contributed by atoms with Gasteiger partial charge in [-0.3, -0.25) is 18.6 Å². The van der Waals surface area contributed by atoms with Gasteiger partial charge in [-0.1, -0.05) is 129 Å². The molecule has 0 aliphatic rings. The molecular weight excluding hydrogens is 607 g/mol. The van der Waals surface area contributed by atoms with E-state index in [9.17, 15) is 19.0 Å². The van der Waals surface area contributed by atoms with Crippen molar-refractivity contribution in [2.45, 2.75) is 180 Å². The van der Waals surface area contributed by atoms with Crippen LogP contribution in [0.2, 0.25) is 0 Å². The van der Waals surface area contributed by atoms with Crippen LogP contribution in [0, 0.1) is 0 Å². The molecule has 0 saturated heterocycles. The number of rotatable bonds is 35. The first-order chi connectivity index (χ1) is 22.3. The van der Waals surface area contributed by atoms with E-state index in [1.54, 1.807) is 0 Å². The molecular formula is C36H69O9P. The summed E-state index contributed by atoms with van der Waals surface area (Å²) in [7, 11) is -4.41. The number of aliphatic hydroxyl groups excluding tert-OH is 1. The summed E-state index contributed by atoms with van der Waals surface area (Å²) in [6, 6.07) is 0. The summed E-state index contributed by atoms with van der Waals surface area (Å²) in [6.45, 7) is 3.40. The van der Waals surface area contributed by atoms with Gasteiger partial charge in [0.05, 0.1) is 13.2 Å². The number of aliphatic hydroxyl groups is 1. The predicted molar refractivity (Wildman–Crippen MR) is 186 cm³/mol. The van der Waals surface area contributed by atoms with Crippen LogP contribution < -0.4 is 0 Å². The molecule has 0 aliphatic carbocycles. The van der Waals surface area contributed by atoms with Crippen molar-refractivity contribution in [1.29, 1.82) is 0 Å². The largest absolute Gasteiger partial charge is 0.472 e. The number of phosphoric acid groups is 1. The fourth-order valence-corrected chi connectivity index (χ4v) is 5.79. The Bertz CT molecular complexity index is 775. The quantitative estimate of drug-likeness (QED) is 0.0292. The van der Waals surface area contributed by atoms with Crippen molar-refractivity contribution in [2.24, 2.45) is 0 Å². The smallest absolute Gasteiger partial charge is 0.462 e. The van der Waals surface area contributed by atoms with E-state index in [1.165, 1.54) is 83.5 Å². The van der Waals surface area contributed by atoms with Gasteiger partial charge in [0, 0.05) is 19.4 Å². The van der Waals surface area contributed by atoms with E-state index in [2.05, 4.69) is 26.0 Å². The van der Waals surface area contributed by atoms with Crippen LogP contribution in [0.5, 0.6) is 0 Å². The highest BCUT2D eigenvalue weighted by Gasteiger charge is 2.26. The number of hydrogen-bond acceptors (Lipinski definition) is 8. The Morgan fingerprint density at radius 1 is 0.609 bits per heavy atom. The molecule has 0 bridgehead atoms. The van der Waals surface area contributed by atoms with Gasteiger partial charge in [0.25, 0.3) is 0 Å². The van der Waals surface area contributed by atoms with Crippen LogP contribution in [0.15, 0.2) is 12.2 Å². The Balaban J connectivity index is 4.29. The van der Waals surface area contributed by atoms with Gasteiger partial charge >= 0.3 is 19.8 Å². The second-order valence-electron chi connectivity index (χ2n) is 12.4. The lowest BCUT2D eigenvalue weighted by molar-refractivity contribution is -0.161. The maximum Gasteiger partial charge on any atom is 0.472 e. The molecule has 0 saturated carbocycles. The van der Waals surface area contributed by atoms with Crippen molar-refractivity contribution in [1.82, 2.24) is 0 Å². The van der Waals surface area contributed by atoms with E-state index in [4.69, 9.17) is 23.6 Å². The van der Waals surface area contributed by atoms with Gasteiger partial charge in [-0.05, 0) is 44.9 Å². The predicted octanol–water partition coefficient (Wildman–Crippen LogP) is 9.92. The van der Waals surface area contributed by atoms with Crippen molar-refractivity contribution in [3.63, 3.8) is 0 Å². The van der Waals surface area contributed by atoms with Gasteiger partial charge in [-0.2, -0.15) is 0 Å². The van der Waals surface area contributed by atoms with Crippen molar-refractivity contribution in [3.05, 3.63) is 12.2 Å². The molecule has 0 heterocycles. The third-order valence-electron chi connectivity index (χ3n) is 7.84. The monoisotopic (exact) mass is 676 g/mol. The van der Waals surface area contributed by atoms with Crippen molar-refractivity contribution < 1.29 is 42.7 Å². The van der Waals surface area contributed by atoms with Crippen molar-refractivity contribution >= 4 is 19.8 Å². The fraction of sp³-hybridized carbons (Fsp3) is 0.889. The molecule has 0 aromatic carbocycles. The Morgan fingerprint density at radius 2 is 1.07 bits per heavy atom. The van der Waals surface area contributed by atoms with E-state index in [0.29, 0.717) is 6.42 Å². The molecule has 0 fully saturated rings. The highest BCUT2D eigenvalue weighted by Crippen LogP contribution is 2.43. The minimum Gasteiger partial charge on any atom is -0.462 e. The summed E-state index contributed by atoms with van der Waals surface area (Å²) < 4.78 is 32.7. The van der Waals surface area contributed by atoms with Crippen LogP contribution in [0.25, 0.3) is 0 Å². The molecule has 0 amide bonds. The van der Waals surface area contributed by atoms with E-state index in [-0.39, 0.29) is 39.1 Å². The Hall–Kier alpha value is -1.25. The highest BCUT2D eigenvalue weighted by atomic mass is 31.2. The first kappa shape index (κ1) is 44.8. The molecule has 9 nitrogen and oxygen atoms in total. The molecule has 0 rings (SSSR count). The van der Waals surface area contributed by atoms with Crippen LogP contribution in [-0.2, 0) is 32.7 Å². The number of carbonyl (C=O) groups excluding carboxylic acids is 2. The maximum atomic E-state index is 12.5. The first-order valence-electron chi connectivity index (χ1n) is 18.6. The minimum absolute atomic E-state index is 0.155. The van der Waals surface area contributed by atoms with Crippen LogP contribution in [0.4, 0.5) is 0 Å². The zero-order chi connectivity index (χ0) is 34.0. The standard InChI is InChI=1S/C36H69O9P/c1-3-5-7-9-11-13-14-15-16-17-18-20-22-24-26-29-36(39)45-34(33-44-46(40,41)43-31-27-30-37)32-42-35(38)28-25-23-21-19-12-10-8-6-4-2/h15-16,34,37H,3-14,17-33H2,1-2H3,(H,40,41). The summed E-state index contributed by atoms with van der Waals surface area (Å²) in [4.78, 5) is 34.7. The van der Waals surface area contributed by atoms with Gasteiger partial charge in [-0.25, -0.2) is 4.57 Å². The normalized spacial score (nSPS) is 13.6. The average Bonchev–Trinajstić information content (AvgIpc) is 3.03. The highest BCUT2D eigenvalue weighted by molar-refractivity contribution is 7.47. The number of phosphoric ester groups is 1. The van der Waals surface area contributed by atoms with Gasteiger partial charge < -0.3 is 19.5 Å². The first-order valence-corrected chi connectivity index (χ1v) is 20.1. The second-order valence-corrected chi connectivity index (χ2v) is 13.8. The Morgan fingerprint density at radius 3 is 1.57 bits per heavy atom. The topological polar surface area (TPSA) is 129 Å². The molecule has 46 heavy (non-hydrogen) atoms. The molecule has 10 heteroatoms. The lowest BCUT2D eigenvalue weighted by Crippen LogP contribution is -2.29. The van der Waals surface area contributed by atoms with Crippen LogP contribution in [0.3, 0.4) is 0 Å². The van der Waals surface area contributed by atoms with Gasteiger partial charge in [0.15, 0.2) is 6.10 Å². The van der Waals surface area contributed by atoms with E-state index in [0.717, 1.165) is 51.4 Å². The van der Waals surface area contributed by atoms with Crippen molar-refractivity contribution in [3.8, 4) is 0 Å². The molecule has 0 aliphatic heterocycles. The van der Waals surface area contributed by atoms with Gasteiger partial charge in [-0.15, -0.1) is 0 Å². The number of ether oxygens (including phenoxy) is 2. The molecule has 0 spiro atoms. The lowest BCUT2D eigenvalue weighted by atomic mass is 10.1. The molecule has 0 aromatic heterocycles.